The summed E-state index contributed by atoms with van der Waals surface area (Å²) in [5.74, 6) is -0.273. The predicted molar refractivity (Wildman–Crippen MR) is 80.8 cm³/mol. The molecule has 1 aromatic rings. The molecule has 0 amide bonds. The molecule has 0 aliphatic carbocycles. The second-order valence-corrected chi connectivity index (χ2v) is 7.19. The van der Waals surface area contributed by atoms with Crippen molar-refractivity contribution in [1.82, 2.24) is 5.32 Å². The molecular weight excluding hydrogens is 309 g/mol. The van der Waals surface area contributed by atoms with E-state index in [0.29, 0.717) is 17.3 Å². The molecule has 0 radical (unpaired) electrons. The molecule has 2 N–H and O–H groups in total. The van der Waals surface area contributed by atoms with Gasteiger partial charge >= 0.3 is 0 Å². The Morgan fingerprint density at radius 3 is 2.42 bits per heavy atom. The van der Waals surface area contributed by atoms with Crippen LogP contribution in [0, 0.1) is 5.82 Å². The summed E-state index contributed by atoms with van der Waals surface area (Å²) in [6.45, 7) is 8.84. The van der Waals surface area contributed by atoms with E-state index in [0.717, 1.165) is 12.1 Å². The van der Waals surface area contributed by atoms with Gasteiger partial charge in [-0.15, -0.1) is 0 Å². The molecule has 0 aliphatic heterocycles. The lowest BCUT2D eigenvalue weighted by Gasteiger charge is -2.27. The van der Waals surface area contributed by atoms with Crippen molar-refractivity contribution in [1.29, 1.82) is 0 Å². The highest BCUT2D eigenvalue weighted by Crippen LogP contribution is 2.24. The number of nitrogens with one attached hydrogen (secondary N) is 1. The van der Waals surface area contributed by atoms with Crippen LogP contribution < -0.4 is 5.32 Å². The second-order valence-electron chi connectivity index (χ2n) is 6.34. The highest BCUT2D eigenvalue weighted by molar-refractivity contribution is 9.10. The van der Waals surface area contributed by atoms with Crippen LogP contribution in [0.4, 0.5) is 4.39 Å². The molecule has 0 fully saturated rings. The fraction of sp³-hybridized carbons (Fsp3) is 0.600. The average molecular weight is 332 g/mol. The topological polar surface area (TPSA) is 32.3 Å². The minimum absolute atomic E-state index is 0.0482. The normalized spacial score (nSPS) is 15.3. The quantitative estimate of drug-likeness (QED) is 0.862. The van der Waals surface area contributed by atoms with E-state index in [4.69, 9.17) is 0 Å². The van der Waals surface area contributed by atoms with Gasteiger partial charge < -0.3 is 10.4 Å². The number of hydrogen-bond acceptors (Lipinski definition) is 2. The van der Waals surface area contributed by atoms with E-state index >= 15 is 0 Å². The van der Waals surface area contributed by atoms with Gasteiger partial charge in [-0.05, 0) is 58.4 Å². The van der Waals surface area contributed by atoms with E-state index in [1.165, 1.54) is 12.1 Å². The maximum Gasteiger partial charge on any atom is 0.124 e. The van der Waals surface area contributed by atoms with E-state index in [9.17, 15) is 9.50 Å². The summed E-state index contributed by atoms with van der Waals surface area (Å²) in [5, 5.41) is 13.8. The van der Waals surface area contributed by atoms with Crippen molar-refractivity contribution >= 4 is 15.9 Å². The molecule has 19 heavy (non-hydrogen) atoms. The van der Waals surface area contributed by atoms with Crippen molar-refractivity contribution in [3.05, 3.63) is 34.1 Å². The molecule has 0 heterocycles. The standard InChI is InChI=1S/C15H23BrFNO/c1-14(2,3)18-8-7-15(4,19)10-11-5-6-12(17)9-13(11)16/h5-6,9,18-19H,7-8,10H2,1-4H3. The number of benzene rings is 1. The fourth-order valence-electron chi connectivity index (χ4n) is 1.87. The Bertz CT molecular complexity index is 427. The first-order valence-electron chi connectivity index (χ1n) is 6.50. The fourth-order valence-corrected chi connectivity index (χ4v) is 2.36. The number of halogens is 2. The monoisotopic (exact) mass is 331 g/mol. The maximum atomic E-state index is 13.0. The zero-order valence-electron chi connectivity index (χ0n) is 12.1. The van der Waals surface area contributed by atoms with E-state index < -0.39 is 5.60 Å². The van der Waals surface area contributed by atoms with E-state index in [2.05, 4.69) is 42.0 Å². The molecule has 1 atom stereocenters. The Labute approximate surface area is 123 Å². The molecule has 4 heteroatoms. The molecule has 1 rings (SSSR count). The van der Waals surface area contributed by atoms with Crippen LogP contribution in [-0.4, -0.2) is 22.8 Å². The van der Waals surface area contributed by atoms with E-state index in [1.807, 2.05) is 6.92 Å². The number of hydrogen-bond donors (Lipinski definition) is 2. The molecule has 0 saturated heterocycles. The summed E-state index contributed by atoms with van der Waals surface area (Å²) in [4.78, 5) is 0. The van der Waals surface area contributed by atoms with Crippen LogP contribution in [0.15, 0.2) is 22.7 Å². The summed E-state index contributed by atoms with van der Waals surface area (Å²) in [5.41, 5.74) is 0.160. The van der Waals surface area contributed by atoms with Crippen LogP contribution >= 0.6 is 15.9 Å². The lowest BCUT2D eigenvalue weighted by Crippen LogP contribution is -2.40. The van der Waals surface area contributed by atoms with Gasteiger partial charge in [0.15, 0.2) is 0 Å². The Kier molecular flexibility index (Phi) is 5.53. The van der Waals surface area contributed by atoms with Gasteiger partial charge in [-0.25, -0.2) is 4.39 Å². The molecule has 0 aliphatic rings. The number of aliphatic hydroxyl groups is 1. The third-order valence-corrected chi connectivity index (χ3v) is 3.64. The van der Waals surface area contributed by atoms with Crippen molar-refractivity contribution in [3.63, 3.8) is 0 Å². The van der Waals surface area contributed by atoms with Gasteiger partial charge in [0.2, 0.25) is 0 Å². The third-order valence-electron chi connectivity index (χ3n) is 2.91. The average Bonchev–Trinajstić information content (AvgIpc) is 2.20. The summed E-state index contributed by atoms with van der Waals surface area (Å²) in [6, 6.07) is 4.56. The van der Waals surface area contributed by atoms with Gasteiger partial charge in [-0.2, -0.15) is 0 Å². The summed E-state index contributed by atoms with van der Waals surface area (Å²) in [6.07, 6.45) is 1.15. The van der Waals surface area contributed by atoms with E-state index in [-0.39, 0.29) is 11.4 Å². The first-order chi connectivity index (χ1) is 8.59. The van der Waals surface area contributed by atoms with Gasteiger partial charge in [0.25, 0.3) is 0 Å². The molecule has 2 nitrogen and oxygen atoms in total. The molecule has 0 spiro atoms. The zero-order chi connectivity index (χ0) is 14.7. The Morgan fingerprint density at radius 1 is 1.26 bits per heavy atom. The summed E-state index contributed by atoms with van der Waals surface area (Å²) < 4.78 is 13.7. The largest absolute Gasteiger partial charge is 0.390 e. The van der Waals surface area contributed by atoms with Crippen molar-refractivity contribution in [2.45, 2.75) is 51.7 Å². The van der Waals surface area contributed by atoms with Crippen molar-refractivity contribution in [2.75, 3.05) is 6.54 Å². The Morgan fingerprint density at radius 2 is 1.89 bits per heavy atom. The predicted octanol–water partition coefficient (Wildman–Crippen LogP) is 3.66. The van der Waals surface area contributed by atoms with Crippen LogP contribution in [0.5, 0.6) is 0 Å². The maximum absolute atomic E-state index is 13.0. The zero-order valence-corrected chi connectivity index (χ0v) is 13.6. The first kappa shape index (κ1) is 16.6. The molecule has 1 aromatic carbocycles. The SMILES string of the molecule is CC(O)(CCNC(C)(C)C)Cc1ccc(F)cc1Br. The Balaban J connectivity index is 2.58. The van der Waals surface area contributed by atoms with Crippen LogP contribution in [0.3, 0.4) is 0 Å². The van der Waals surface area contributed by atoms with Gasteiger partial charge in [0.1, 0.15) is 5.82 Å². The lowest BCUT2D eigenvalue weighted by atomic mass is 9.93. The molecular formula is C15H23BrFNO. The first-order valence-corrected chi connectivity index (χ1v) is 7.30. The molecule has 108 valence electrons. The minimum Gasteiger partial charge on any atom is -0.390 e. The highest BCUT2D eigenvalue weighted by Gasteiger charge is 2.22. The minimum atomic E-state index is -0.807. The summed E-state index contributed by atoms with van der Waals surface area (Å²) in [7, 11) is 0. The van der Waals surface area contributed by atoms with Gasteiger partial charge in [-0.1, -0.05) is 22.0 Å². The van der Waals surface area contributed by atoms with Crippen molar-refractivity contribution in [3.8, 4) is 0 Å². The third kappa shape index (κ3) is 6.50. The van der Waals surface area contributed by atoms with Gasteiger partial charge in [0, 0.05) is 16.4 Å². The highest BCUT2D eigenvalue weighted by atomic mass is 79.9. The van der Waals surface area contributed by atoms with E-state index in [1.54, 1.807) is 6.07 Å². The second kappa shape index (κ2) is 6.33. The van der Waals surface area contributed by atoms with Gasteiger partial charge in [-0.3, -0.25) is 0 Å². The molecule has 0 saturated carbocycles. The smallest absolute Gasteiger partial charge is 0.124 e. The lowest BCUT2D eigenvalue weighted by molar-refractivity contribution is 0.0498. The van der Waals surface area contributed by atoms with Gasteiger partial charge in [0.05, 0.1) is 5.60 Å². The molecule has 0 aromatic heterocycles. The van der Waals surface area contributed by atoms with Crippen molar-refractivity contribution < 1.29 is 9.50 Å². The molecule has 1 unspecified atom stereocenters. The van der Waals surface area contributed by atoms with Crippen LogP contribution in [-0.2, 0) is 6.42 Å². The number of rotatable bonds is 5. The van der Waals surface area contributed by atoms with Crippen LogP contribution in [0.2, 0.25) is 0 Å². The van der Waals surface area contributed by atoms with Crippen LogP contribution in [0.25, 0.3) is 0 Å². The van der Waals surface area contributed by atoms with Crippen molar-refractivity contribution in [2.24, 2.45) is 0 Å². The van der Waals surface area contributed by atoms with Crippen LogP contribution in [0.1, 0.15) is 39.7 Å². The Hall–Kier alpha value is -0.450. The summed E-state index contributed by atoms with van der Waals surface area (Å²) >= 11 is 3.33. The molecule has 0 bridgehead atoms.